The Morgan fingerprint density at radius 2 is 1.76 bits per heavy atom. The molecule has 0 aliphatic carbocycles. The molecule has 0 bridgehead atoms. The van der Waals surface area contributed by atoms with Crippen LogP contribution in [0.15, 0.2) is 12.1 Å². The van der Waals surface area contributed by atoms with Gasteiger partial charge in [-0.05, 0) is 29.7 Å². The molecule has 0 amide bonds. The quantitative estimate of drug-likeness (QED) is 0.666. The summed E-state index contributed by atoms with van der Waals surface area (Å²) in [4.78, 5) is 0. The summed E-state index contributed by atoms with van der Waals surface area (Å²) < 4.78 is 36.7. The lowest BCUT2D eigenvalue weighted by Gasteiger charge is -2.27. The van der Waals surface area contributed by atoms with Gasteiger partial charge in [0, 0.05) is 12.6 Å². The molecular weight excluding hydrogens is 235 g/mol. The second-order valence-electron chi connectivity index (χ2n) is 4.21. The summed E-state index contributed by atoms with van der Waals surface area (Å²) in [5.41, 5.74) is 1.37. The first-order valence-corrected chi connectivity index (χ1v) is 5.19. The molecule has 0 spiro atoms. The Labute approximate surface area is 95.9 Å². The number of fused-ring (bicyclic) bond motifs is 1. The third-order valence-electron chi connectivity index (χ3n) is 2.82. The molecule has 94 valence electrons. The minimum atomic E-state index is -4.20. The van der Waals surface area contributed by atoms with Crippen molar-refractivity contribution < 1.29 is 23.4 Å². The first-order valence-electron chi connectivity index (χ1n) is 5.19. The van der Waals surface area contributed by atoms with E-state index in [2.05, 4.69) is 5.32 Å². The molecule has 1 aliphatic heterocycles. The topological polar surface area (TPSA) is 52.5 Å². The van der Waals surface area contributed by atoms with Gasteiger partial charge in [0.25, 0.3) is 0 Å². The monoisotopic (exact) mass is 247 g/mol. The van der Waals surface area contributed by atoms with E-state index in [4.69, 9.17) is 0 Å². The fraction of sp³-hybridized carbons (Fsp3) is 0.455. The van der Waals surface area contributed by atoms with Crippen molar-refractivity contribution >= 4 is 0 Å². The average Bonchev–Trinajstić information content (AvgIpc) is 2.18. The molecular formula is C11H12F3NO2. The van der Waals surface area contributed by atoms with Crippen LogP contribution >= 0.6 is 0 Å². The normalized spacial score (nSPS) is 20.1. The van der Waals surface area contributed by atoms with Crippen LogP contribution in [0.1, 0.15) is 17.5 Å². The number of nitrogens with one attached hydrogen (secondary N) is 1. The van der Waals surface area contributed by atoms with E-state index in [0.717, 1.165) is 5.56 Å². The summed E-state index contributed by atoms with van der Waals surface area (Å²) in [7, 11) is 0. The van der Waals surface area contributed by atoms with Crippen molar-refractivity contribution in [1.82, 2.24) is 5.32 Å². The van der Waals surface area contributed by atoms with Crippen molar-refractivity contribution in [2.24, 2.45) is 0 Å². The summed E-state index contributed by atoms with van der Waals surface area (Å²) in [6.45, 7) is 0.268. The number of hydrogen-bond acceptors (Lipinski definition) is 3. The molecule has 3 N–H and O–H groups in total. The number of halogens is 3. The zero-order valence-corrected chi connectivity index (χ0v) is 8.88. The van der Waals surface area contributed by atoms with Crippen molar-refractivity contribution in [3.05, 3.63) is 23.3 Å². The highest BCUT2D eigenvalue weighted by atomic mass is 19.4. The number of rotatable bonds is 1. The maximum Gasteiger partial charge on any atom is 0.390 e. The zero-order valence-electron chi connectivity index (χ0n) is 8.88. The van der Waals surface area contributed by atoms with Gasteiger partial charge in [-0.1, -0.05) is 0 Å². The maximum atomic E-state index is 12.2. The number of benzene rings is 1. The van der Waals surface area contributed by atoms with Gasteiger partial charge in [0.1, 0.15) is 0 Å². The Morgan fingerprint density at radius 1 is 1.18 bits per heavy atom. The number of phenols is 2. The van der Waals surface area contributed by atoms with Crippen LogP contribution in [-0.4, -0.2) is 22.4 Å². The Morgan fingerprint density at radius 3 is 2.35 bits per heavy atom. The SMILES string of the molecule is Oc1cc2c(cc1O)CC(CC(F)(F)F)NC2. The van der Waals surface area contributed by atoms with Gasteiger partial charge in [0.05, 0.1) is 6.42 Å². The number of hydrogen-bond donors (Lipinski definition) is 3. The molecule has 1 aromatic rings. The molecule has 1 aromatic carbocycles. The lowest BCUT2D eigenvalue weighted by atomic mass is 9.93. The molecule has 0 aromatic heterocycles. The average molecular weight is 247 g/mol. The smallest absolute Gasteiger partial charge is 0.390 e. The molecule has 0 radical (unpaired) electrons. The van der Waals surface area contributed by atoms with Gasteiger partial charge < -0.3 is 15.5 Å². The summed E-state index contributed by atoms with van der Waals surface area (Å²) in [5.74, 6) is -0.545. The minimum absolute atomic E-state index is 0.197. The molecule has 1 atom stereocenters. The van der Waals surface area contributed by atoms with E-state index in [9.17, 15) is 23.4 Å². The Hall–Kier alpha value is -1.43. The van der Waals surface area contributed by atoms with Crippen LogP contribution in [0.25, 0.3) is 0 Å². The van der Waals surface area contributed by atoms with Crippen LogP contribution in [-0.2, 0) is 13.0 Å². The molecule has 1 unspecified atom stereocenters. The van der Waals surface area contributed by atoms with Crippen molar-refractivity contribution in [2.75, 3.05) is 0 Å². The molecule has 1 aliphatic rings. The summed E-state index contributed by atoms with van der Waals surface area (Å²) in [6.07, 6.45) is -4.90. The molecule has 1 heterocycles. The Kier molecular flexibility index (Phi) is 2.91. The molecule has 17 heavy (non-hydrogen) atoms. The van der Waals surface area contributed by atoms with Gasteiger partial charge in [0.2, 0.25) is 0 Å². The number of phenolic OH excluding ortho intramolecular Hbond substituents is 2. The largest absolute Gasteiger partial charge is 0.504 e. The van der Waals surface area contributed by atoms with Gasteiger partial charge in [-0.2, -0.15) is 13.2 Å². The van der Waals surface area contributed by atoms with Crippen LogP contribution in [0.4, 0.5) is 13.2 Å². The first kappa shape index (κ1) is 12.0. The first-order chi connectivity index (χ1) is 7.85. The third kappa shape index (κ3) is 2.82. The van der Waals surface area contributed by atoms with E-state index in [1.165, 1.54) is 12.1 Å². The highest BCUT2D eigenvalue weighted by molar-refractivity contribution is 5.46. The number of alkyl halides is 3. The minimum Gasteiger partial charge on any atom is -0.504 e. The fourth-order valence-corrected chi connectivity index (χ4v) is 2.03. The van der Waals surface area contributed by atoms with Crippen molar-refractivity contribution in [3.8, 4) is 11.5 Å². The van der Waals surface area contributed by atoms with Crippen LogP contribution in [0.5, 0.6) is 11.5 Å². The predicted octanol–water partition coefficient (Wildman–Crippen LogP) is 2.06. The van der Waals surface area contributed by atoms with E-state index in [0.29, 0.717) is 5.56 Å². The second-order valence-corrected chi connectivity index (χ2v) is 4.21. The predicted molar refractivity (Wildman–Crippen MR) is 54.8 cm³/mol. The molecule has 0 saturated carbocycles. The molecule has 0 fully saturated rings. The summed E-state index contributed by atoms with van der Waals surface area (Å²) >= 11 is 0. The van der Waals surface area contributed by atoms with Crippen LogP contribution in [0.3, 0.4) is 0 Å². The maximum absolute atomic E-state index is 12.2. The van der Waals surface area contributed by atoms with E-state index >= 15 is 0 Å². The van der Waals surface area contributed by atoms with Gasteiger partial charge in [-0.3, -0.25) is 0 Å². The van der Waals surface area contributed by atoms with E-state index in [1.807, 2.05) is 0 Å². The van der Waals surface area contributed by atoms with Crippen molar-refractivity contribution in [2.45, 2.75) is 31.6 Å². The molecule has 6 heteroatoms. The van der Waals surface area contributed by atoms with Gasteiger partial charge in [-0.25, -0.2) is 0 Å². The molecule has 3 nitrogen and oxygen atoms in total. The summed E-state index contributed by atoms with van der Waals surface area (Å²) in [5, 5.41) is 21.3. The van der Waals surface area contributed by atoms with Gasteiger partial charge >= 0.3 is 6.18 Å². The molecule has 0 saturated heterocycles. The van der Waals surface area contributed by atoms with Gasteiger partial charge in [0.15, 0.2) is 11.5 Å². The Bertz CT molecular complexity index is 431. The van der Waals surface area contributed by atoms with Crippen molar-refractivity contribution in [3.63, 3.8) is 0 Å². The van der Waals surface area contributed by atoms with Crippen molar-refractivity contribution in [1.29, 1.82) is 0 Å². The second kappa shape index (κ2) is 4.10. The van der Waals surface area contributed by atoms with E-state index in [-0.39, 0.29) is 24.5 Å². The Balaban J connectivity index is 2.16. The highest BCUT2D eigenvalue weighted by Crippen LogP contribution is 2.32. The van der Waals surface area contributed by atoms with E-state index in [1.54, 1.807) is 0 Å². The standard InChI is InChI=1S/C11H12F3NO2/c12-11(13,14)4-8-1-6-2-9(16)10(17)3-7(6)5-15-8/h2-3,8,15-17H,1,4-5H2. The lowest BCUT2D eigenvalue weighted by molar-refractivity contribution is -0.140. The number of aromatic hydroxyl groups is 2. The lowest BCUT2D eigenvalue weighted by Crippen LogP contribution is -2.38. The van der Waals surface area contributed by atoms with E-state index < -0.39 is 18.6 Å². The molecule has 2 rings (SSSR count). The van der Waals surface area contributed by atoms with Crippen LogP contribution in [0, 0.1) is 0 Å². The summed E-state index contributed by atoms with van der Waals surface area (Å²) in [6, 6.07) is 2.03. The van der Waals surface area contributed by atoms with Gasteiger partial charge in [-0.15, -0.1) is 0 Å². The third-order valence-corrected chi connectivity index (χ3v) is 2.82. The fourth-order valence-electron chi connectivity index (χ4n) is 2.03. The highest BCUT2D eigenvalue weighted by Gasteiger charge is 2.33. The zero-order chi connectivity index (χ0) is 12.6. The van der Waals surface area contributed by atoms with Crippen LogP contribution < -0.4 is 5.32 Å². The van der Waals surface area contributed by atoms with Crippen LogP contribution in [0.2, 0.25) is 0 Å².